The van der Waals surface area contributed by atoms with Gasteiger partial charge in [-0.15, -0.1) is 0 Å². The number of carbonyl (C=O) groups excluding carboxylic acids is 1. The highest BCUT2D eigenvalue weighted by atomic mass is 16.4. The van der Waals surface area contributed by atoms with Gasteiger partial charge in [0.2, 0.25) is 5.91 Å². The van der Waals surface area contributed by atoms with E-state index in [0.29, 0.717) is 36.6 Å². The number of hydrogen-bond acceptors (Lipinski definition) is 2. The van der Waals surface area contributed by atoms with Crippen molar-refractivity contribution in [1.82, 2.24) is 5.32 Å². The lowest BCUT2D eigenvalue weighted by atomic mass is 9.95. The van der Waals surface area contributed by atoms with E-state index in [-0.39, 0.29) is 11.8 Å². The molecule has 0 spiro atoms. The Morgan fingerprint density at radius 2 is 1.83 bits per heavy atom. The molecule has 0 radical (unpaired) electrons. The Kier molecular flexibility index (Phi) is 3.39. The Morgan fingerprint density at radius 3 is 2.33 bits per heavy atom. The number of hydrogen-bond donors (Lipinski definition) is 2. The quantitative estimate of drug-likeness (QED) is 0.804. The smallest absolute Gasteiger partial charge is 0.307 e. The minimum absolute atomic E-state index is 0.0607. The first-order valence-corrected chi connectivity index (χ1v) is 6.82. The van der Waals surface area contributed by atoms with Crippen LogP contribution in [-0.2, 0) is 9.59 Å². The van der Waals surface area contributed by atoms with Crippen molar-refractivity contribution < 1.29 is 14.7 Å². The summed E-state index contributed by atoms with van der Waals surface area (Å²) < 4.78 is 0. The van der Waals surface area contributed by atoms with Gasteiger partial charge in [-0.2, -0.15) is 0 Å². The summed E-state index contributed by atoms with van der Waals surface area (Å²) in [4.78, 5) is 23.2. The highest BCUT2D eigenvalue weighted by Gasteiger charge is 2.46. The average Bonchev–Trinajstić information content (AvgIpc) is 2.70. The first-order valence-electron chi connectivity index (χ1n) is 6.82. The van der Waals surface area contributed by atoms with Gasteiger partial charge >= 0.3 is 5.97 Å². The van der Waals surface area contributed by atoms with Crippen molar-refractivity contribution in [1.29, 1.82) is 0 Å². The predicted octanol–water partition coefficient (Wildman–Crippen LogP) is 1.90. The van der Waals surface area contributed by atoms with Gasteiger partial charge in [-0.05, 0) is 36.5 Å². The van der Waals surface area contributed by atoms with Gasteiger partial charge in [0.15, 0.2) is 0 Å². The topological polar surface area (TPSA) is 66.4 Å². The van der Waals surface area contributed by atoms with Crippen LogP contribution in [0.25, 0.3) is 0 Å². The van der Waals surface area contributed by atoms with Gasteiger partial charge in [0.25, 0.3) is 0 Å². The van der Waals surface area contributed by atoms with E-state index in [2.05, 4.69) is 19.2 Å². The van der Waals surface area contributed by atoms with Gasteiger partial charge in [0.1, 0.15) is 0 Å². The van der Waals surface area contributed by atoms with Crippen molar-refractivity contribution in [2.75, 3.05) is 6.54 Å². The Labute approximate surface area is 108 Å². The summed E-state index contributed by atoms with van der Waals surface area (Å²) in [5.74, 6) is -0.824. The first-order chi connectivity index (χ1) is 8.31. The molecule has 2 saturated carbocycles. The van der Waals surface area contributed by atoms with Crippen LogP contribution in [0.1, 0.15) is 40.0 Å². The Bertz CT molecular complexity index is 364. The molecule has 102 valence electrons. The maximum absolute atomic E-state index is 12.1. The van der Waals surface area contributed by atoms with Gasteiger partial charge in [-0.25, -0.2) is 0 Å². The molecule has 4 heteroatoms. The lowest BCUT2D eigenvalue weighted by molar-refractivity contribution is -0.146. The summed E-state index contributed by atoms with van der Waals surface area (Å²) in [5, 5.41) is 12.1. The summed E-state index contributed by atoms with van der Waals surface area (Å²) in [7, 11) is 0. The van der Waals surface area contributed by atoms with Crippen LogP contribution in [0, 0.1) is 29.1 Å². The summed E-state index contributed by atoms with van der Waals surface area (Å²) in [5.41, 5.74) is 0.350. The number of carboxylic acid groups (broad SMARTS) is 1. The third-order valence-electron chi connectivity index (χ3n) is 4.69. The van der Waals surface area contributed by atoms with Crippen LogP contribution >= 0.6 is 0 Å². The molecule has 0 aromatic carbocycles. The summed E-state index contributed by atoms with van der Waals surface area (Å²) in [6.07, 6.45) is 2.48. The van der Waals surface area contributed by atoms with Crippen molar-refractivity contribution in [3.05, 3.63) is 0 Å². The van der Waals surface area contributed by atoms with Crippen LogP contribution in [0.5, 0.6) is 0 Å². The van der Waals surface area contributed by atoms with E-state index in [1.165, 1.54) is 0 Å². The molecular weight excluding hydrogens is 230 g/mol. The number of rotatable bonds is 4. The molecule has 4 atom stereocenters. The summed E-state index contributed by atoms with van der Waals surface area (Å²) in [6.45, 7) is 7.11. The maximum atomic E-state index is 12.1. The molecule has 2 unspecified atom stereocenters. The monoisotopic (exact) mass is 253 g/mol. The third kappa shape index (κ3) is 2.68. The van der Waals surface area contributed by atoms with Crippen molar-refractivity contribution in [3.63, 3.8) is 0 Å². The lowest BCUT2D eigenvalue weighted by Crippen LogP contribution is -2.36. The van der Waals surface area contributed by atoms with E-state index in [1.54, 1.807) is 0 Å². The predicted molar refractivity (Wildman–Crippen MR) is 67.9 cm³/mol. The normalized spacial score (nSPS) is 37.3. The zero-order valence-corrected chi connectivity index (χ0v) is 11.4. The second-order valence-electron chi connectivity index (χ2n) is 6.76. The first kappa shape index (κ1) is 13.4. The zero-order chi connectivity index (χ0) is 13.5. The lowest BCUT2D eigenvalue weighted by Gasteiger charge is -2.15. The van der Waals surface area contributed by atoms with Crippen LogP contribution in [0.15, 0.2) is 0 Å². The fraction of sp³-hybridized carbons (Fsp3) is 0.857. The van der Waals surface area contributed by atoms with Crippen molar-refractivity contribution in [2.24, 2.45) is 29.1 Å². The number of carboxylic acids is 1. The SMILES string of the molecule is CC1C[C@H](C(=O)NCC2CC2(C)C)[C@H](C(=O)O)C1. The van der Waals surface area contributed by atoms with E-state index < -0.39 is 11.9 Å². The van der Waals surface area contributed by atoms with Crippen LogP contribution in [-0.4, -0.2) is 23.5 Å². The van der Waals surface area contributed by atoms with E-state index in [1.807, 2.05) is 6.92 Å². The fourth-order valence-corrected chi connectivity index (χ4v) is 3.13. The largest absolute Gasteiger partial charge is 0.481 e. The second kappa shape index (κ2) is 4.56. The van der Waals surface area contributed by atoms with Crippen LogP contribution < -0.4 is 5.32 Å². The van der Waals surface area contributed by atoms with Crippen LogP contribution in [0.2, 0.25) is 0 Å². The molecule has 2 N–H and O–H groups in total. The van der Waals surface area contributed by atoms with Crippen molar-refractivity contribution in [2.45, 2.75) is 40.0 Å². The maximum Gasteiger partial charge on any atom is 0.307 e. The molecule has 0 aromatic heterocycles. The highest BCUT2D eigenvalue weighted by Crippen LogP contribution is 2.51. The van der Waals surface area contributed by atoms with Gasteiger partial charge < -0.3 is 10.4 Å². The number of carbonyl (C=O) groups is 2. The zero-order valence-electron chi connectivity index (χ0n) is 11.4. The molecule has 2 aliphatic rings. The minimum atomic E-state index is -0.828. The van der Waals surface area contributed by atoms with Crippen LogP contribution in [0.4, 0.5) is 0 Å². The Hall–Kier alpha value is -1.06. The highest BCUT2D eigenvalue weighted by molar-refractivity contribution is 5.85. The van der Waals surface area contributed by atoms with E-state index >= 15 is 0 Å². The van der Waals surface area contributed by atoms with Gasteiger partial charge in [-0.1, -0.05) is 20.8 Å². The van der Waals surface area contributed by atoms with Gasteiger partial charge in [0, 0.05) is 6.54 Å². The fourth-order valence-electron chi connectivity index (χ4n) is 3.13. The molecule has 2 aliphatic carbocycles. The average molecular weight is 253 g/mol. The Morgan fingerprint density at radius 1 is 1.28 bits per heavy atom. The molecular formula is C14H23NO3. The third-order valence-corrected chi connectivity index (χ3v) is 4.69. The van der Waals surface area contributed by atoms with Gasteiger partial charge in [0.05, 0.1) is 11.8 Å². The standard InChI is InChI=1S/C14H23NO3/c1-8-4-10(11(5-8)13(17)18)12(16)15-7-9-6-14(9,2)3/h8-11H,4-7H2,1-3H3,(H,15,16)(H,17,18)/t8?,9?,10-,11+/m0/s1. The summed E-state index contributed by atoms with van der Waals surface area (Å²) in [6, 6.07) is 0. The van der Waals surface area contributed by atoms with E-state index in [0.717, 1.165) is 6.42 Å². The minimum Gasteiger partial charge on any atom is -0.481 e. The van der Waals surface area contributed by atoms with E-state index in [9.17, 15) is 9.59 Å². The Balaban J connectivity index is 1.86. The van der Waals surface area contributed by atoms with Gasteiger partial charge in [-0.3, -0.25) is 9.59 Å². The molecule has 1 amide bonds. The summed E-state index contributed by atoms with van der Waals surface area (Å²) >= 11 is 0. The molecule has 0 aliphatic heterocycles. The molecule has 0 aromatic rings. The molecule has 4 nitrogen and oxygen atoms in total. The molecule has 0 bridgehead atoms. The van der Waals surface area contributed by atoms with Crippen LogP contribution in [0.3, 0.4) is 0 Å². The van der Waals surface area contributed by atoms with Crippen molar-refractivity contribution >= 4 is 11.9 Å². The molecule has 0 saturated heterocycles. The number of aliphatic carboxylic acids is 1. The van der Waals surface area contributed by atoms with Crippen molar-refractivity contribution in [3.8, 4) is 0 Å². The number of nitrogens with one attached hydrogen (secondary N) is 1. The molecule has 2 rings (SSSR count). The van der Waals surface area contributed by atoms with E-state index in [4.69, 9.17) is 5.11 Å². The molecule has 0 heterocycles. The molecule has 18 heavy (non-hydrogen) atoms. The second-order valence-corrected chi connectivity index (χ2v) is 6.76. The molecule has 2 fully saturated rings. The number of amides is 1.